The maximum absolute atomic E-state index is 13.8. The van der Waals surface area contributed by atoms with Crippen LogP contribution in [0.15, 0.2) is 29.6 Å². The van der Waals surface area contributed by atoms with Crippen molar-refractivity contribution >= 4 is 39.0 Å². The molecule has 0 aliphatic heterocycles. The number of aromatic nitrogens is 4. The van der Waals surface area contributed by atoms with E-state index >= 15 is 0 Å². The first-order valence-electron chi connectivity index (χ1n) is 10.2. The van der Waals surface area contributed by atoms with E-state index in [1.165, 1.54) is 18.5 Å². The molecule has 35 heavy (non-hydrogen) atoms. The van der Waals surface area contributed by atoms with Crippen LogP contribution < -0.4 is 10.1 Å². The Bertz CT molecular complexity index is 1200. The van der Waals surface area contributed by atoms with Crippen molar-refractivity contribution in [2.75, 3.05) is 0 Å². The van der Waals surface area contributed by atoms with Crippen molar-refractivity contribution in [3.05, 3.63) is 40.7 Å². The van der Waals surface area contributed by atoms with E-state index in [2.05, 4.69) is 20.3 Å². The Morgan fingerprint density at radius 2 is 1.97 bits per heavy atom. The second-order valence-corrected chi connectivity index (χ2v) is 9.29. The Balaban J connectivity index is 1.66. The number of allylic oxidation sites excluding steroid dienone is 3. The third-order valence-corrected chi connectivity index (χ3v) is 6.29. The van der Waals surface area contributed by atoms with Crippen LogP contribution in [-0.4, -0.2) is 42.7 Å². The van der Waals surface area contributed by atoms with Crippen LogP contribution in [-0.2, 0) is 18.0 Å². The number of amides is 1. The fourth-order valence-corrected chi connectivity index (χ4v) is 3.83. The molecule has 0 aromatic carbocycles. The van der Waals surface area contributed by atoms with E-state index in [9.17, 15) is 31.1 Å². The van der Waals surface area contributed by atoms with Gasteiger partial charge in [-0.15, -0.1) is 5.10 Å². The van der Waals surface area contributed by atoms with Gasteiger partial charge in [-0.05, 0) is 46.8 Å². The minimum atomic E-state index is -5.19. The second kappa shape index (κ2) is 9.19. The molecule has 1 N–H and O–H groups in total. The number of nitrogens with one attached hydrogen (secondary N) is 1. The lowest BCUT2D eigenvalue weighted by Crippen LogP contribution is -2.33. The summed E-state index contributed by atoms with van der Waals surface area (Å²) in [5.74, 6) is -3.16. The van der Waals surface area contributed by atoms with E-state index in [0.717, 1.165) is 24.6 Å². The molecular weight excluding hydrogens is 572 g/mol. The van der Waals surface area contributed by atoms with E-state index in [-0.39, 0.29) is 18.4 Å². The van der Waals surface area contributed by atoms with Gasteiger partial charge in [-0.1, -0.05) is 17.7 Å². The first-order valence-corrected chi connectivity index (χ1v) is 11.5. The van der Waals surface area contributed by atoms with Gasteiger partial charge in [0, 0.05) is 29.9 Å². The van der Waals surface area contributed by atoms with Crippen LogP contribution in [0.3, 0.4) is 0 Å². The molecule has 1 saturated carbocycles. The fraction of sp³-hybridized carbons (Fsp3) is 0.450. The van der Waals surface area contributed by atoms with Crippen LogP contribution in [0.5, 0.6) is 5.88 Å². The molecule has 2 unspecified atom stereocenters. The number of aryl methyl sites for hydroxylation is 1. The highest BCUT2D eigenvalue weighted by Crippen LogP contribution is 2.43. The molecule has 0 spiro atoms. The first-order chi connectivity index (χ1) is 16.3. The van der Waals surface area contributed by atoms with Gasteiger partial charge in [-0.2, -0.15) is 27.1 Å². The summed E-state index contributed by atoms with van der Waals surface area (Å²) in [7, 11) is 1.07. The van der Waals surface area contributed by atoms with Crippen molar-refractivity contribution in [1.29, 1.82) is 0 Å². The standard InChI is InChI=1S/C20H17BrClF6N5O2/c1-32-17(14(19(24,25)26)16(31-32)35-20(27,28)18(21)23)33-8-10(7-29-33)9-2-5-13(22)12(6-9)15(34)30-11-3-4-11/h2,5,7-8,11-12,18H,3-4,6H2,1H3,(H,30,34). The van der Waals surface area contributed by atoms with Gasteiger partial charge in [0.2, 0.25) is 5.91 Å². The summed E-state index contributed by atoms with van der Waals surface area (Å²) >= 11 is 8.16. The van der Waals surface area contributed by atoms with Crippen LogP contribution in [0.2, 0.25) is 0 Å². The fourth-order valence-electron chi connectivity index (χ4n) is 3.49. The van der Waals surface area contributed by atoms with Crippen LogP contribution in [0.25, 0.3) is 11.4 Å². The SMILES string of the molecule is Cn1nc(OC(F)(F)C(F)Br)c(C(F)(F)F)c1-n1cc(C2=CC=C(Cl)C(C(=O)NC3CC3)C2)cn1. The van der Waals surface area contributed by atoms with Crippen molar-refractivity contribution in [3.63, 3.8) is 0 Å². The Hall–Kier alpha value is -2.48. The average Bonchev–Trinajstić information content (AvgIpc) is 3.31. The third kappa shape index (κ3) is 5.37. The highest BCUT2D eigenvalue weighted by molar-refractivity contribution is 9.09. The zero-order valence-electron chi connectivity index (χ0n) is 17.8. The number of carbonyl (C=O) groups is 1. The highest BCUT2D eigenvalue weighted by atomic mass is 79.9. The maximum Gasteiger partial charge on any atom is 0.441 e. The van der Waals surface area contributed by atoms with E-state index in [1.54, 1.807) is 6.08 Å². The van der Waals surface area contributed by atoms with Crippen molar-refractivity contribution < 1.29 is 35.9 Å². The van der Waals surface area contributed by atoms with E-state index in [4.69, 9.17) is 11.6 Å². The molecule has 2 heterocycles. The molecule has 2 atom stereocenters. The van der Waals surface area contributed by atoms with Crippen molar-refractivity contribution in [2.24, 2.45) is 13.0 Å². The minimum absolute atomic E-state index is 0.121. The molecule has 2 aromatic heterocycles. The molecule has 0 saturated heterocycles. The Kier molecular flexibility index (Phi) is 6.72. The van der Waals surface area contributed by atoms with Crippen molar-refractivity contribution in [2.45, 2.75) is 42.7 Å². The molecule has 0 bridgehead atoms. The largest absolute Gasteiger partial charge is 0.441 e. The van der Waals surface area contributed by atoms with Gasteiger partial charge in [-0.25, -0.2) is 13.8 Å². The van der Waals surface area contributed by atoms with Gasteiger partial charge in [0.1, 0.15) is 0 Å². The molecule has 1 fully saturated rings. The molecule has 2 aromatic rings. The van der Waals surface area contributed by atoms with Crippen molar-refractivity contribution in [1.82, 2.24) is 24.9 Å². The quantitative estimate of drug-likeness (QED) is 0.361. The number of ether oxygens (including phenoxy) is 1. The summed E-state index contributed by atoms with van der Waals surface area (Å²) < 4.78 is 87.3. The Morgan fingerprint density at radius 1 is 1.29 bits per heavy atom. The second-order valence-electron chi connectivity index (χ2n) is 8.05. The number of rotatable bonds is 7. The molecule has 0 radical (unpaired) electrons. The van der Waals surface area contributed by atoms with Crippen LogP contribution in [0.1, 0.15) is 30.4 Å². The normalized spacial score (nSPS) is 19.7. The predicted molar refractivity (Wildman–Crippen MR) is 116 cm³/mol. The molecule has 190 valence electrons. The number of alkyl halides is 7. The van der Waals surface area contributed by atoms with Gasteiger partial charge < -0.3 is 10.1 Å². The molecule has 15 heteroatoms. The number of nitrogens with zero attached hydrogens (tertiary/aromatic N) is 4. The smallest absolute Gasteiger partial charge is 0.409 e. The summed E-state index contributed by atoms with van der Waals surface area (Å²) in [5, 5.41) is 7.42. The third-order valence-electron chi connectivity index (χ3n) is 5.37. The topological polar surface area (TPSA) is 74.0 Å². The Morgan fingerprint density at radius 3 is 2.57 bits per heavy atom. The van der Waals surface area contributed by atoms with Gasteiger partial charge >= 0.3 is 12.3 Å². The van der Waals surface area contributed by atoms with E-state index in [1.807, 2.05) is 15.9 Å². The van der Waals surface area contributed by atoms with E-state index in [0.29, 0.717) is 20.9 Å². The molecule has 4 rings (SSSR count). The molecule has 1 amide bonds. The van der Waals surface area contributed by atoms with Gasteiger partial charge in [-0.3, -0.25) is 4.79 Å². The molecule has 2 aliphatic carbocycles. The summed E-state index contributed by atoms with van der Waals surface area (Å²) in [4.78, 5) is 12.5. The Labute approximate surface area is 207 Å². The average molecular weight is 589 g/mol. The van der Waals surface area contributed by atoms with Gasteiger partial charge in [0.05, 0.1) is 12.1 Å². The van der Waals surface area contributed by atoms with Gasteiger partial charge in [0.25, 0.3) is 11.0 Å². The maximum atomic E-state index is 13.8. The predicted octanol–water partition coefficient (Wildman–Crippen LogP) is 5.09. The number of carbonyl (C=O) groups excluding carboxylic acids is 1. The molecule has 2 aliphatic rings. The monoisotopic (exact) mass is 587 g/mol. The lowest BCUT2D eigenvalue weighted by Gasteiger charge is -2.20. The van der Waals surface area contributed by atoms with Crippen LogP contribution in [0.4, 0.5) is 26.3 Å². The molecular formula is C20H17BrClF6N5O2. The first kappa shape index (κ1) is 25.6. The van der Waals surface area contributed by atoms with E-state index < -0.39 is 40.5 Å². The lowest BCUT2D eigenvalue weighted by molar-refractivity contribution is -0.201. The van der Waals surface area contributed by atoms with Crippen LogP contribution in [0, 0.1) is 5.92 Å². The summed E-state index contributed by atoms with van der Waals surface area (Å²) in [6.07, 6.45) is -2.21. The lowest BCUT2D eigenvalue weighted by atomic mass is 9.90. The zero-order valence-corrected chi connectivity index (χ0v) is 20.1. The van der Waals surface area contributed by atoms with Crippen molar-refractivity contribution in [3.8, 4) is 11.7 Å². The minimum Gasteiger partial charge on any atom is -0.409 e. The molecule has 7 nitrogen and oxygen atoms in total. The zero-order chi connectivity index (χ0) is 25.7. The number of hydrogen-bond donors (Lipinski definition) is 1. The number of halogens is 8. The summed E-state index contributed by atoms with van der Waals surface area (Å²) in [6, 6.07) is 0.121. The van der Waals surface area contributed by atoms with Gasteiger partial charge in [0.15, 0.2) is 11.4 Å². The highest BCUT2D eigenvalue weighted by Gasteiger charge is 2.48. The number of hydrogen-bond acceptors (Lipinski definition) is 4. The summed E-state index contributed by atoms with van der Waals surface area (Å²) in [6.45, 7) is 0. The summed E-state index contributed by atoms with van der Waals surface area (Å²) in [5.41, 5.74) is -0.708. The van der Waals surface area contributed by atoms with Crippen LogP contribution >= 0.6 is 27.5 Å².